The van der Waals surface area contributed by atoms with Gasteiger partial charge in [-0.25, -0.2) is 9.94 Å². The van der Waals surface area contributed by atoms with Gasteiger partial charge in [0.05, 0.1) is 0 Å². The van der Waals surface area contributed by atoms with E-state index in [1.807, 2.05) is 0 Å². The van der Waals surface area contributed by atoms with Crippen molar-refractivity contribution in [3.8, 4) is 5.75 Å². The SMILES string of the molecule is NCCOc1ccc2c(c1)[n+]([O-])c(N)n[n+]2O. The molecule has 0 saturated heterocycles. The molecule has 0 spiro atoms. The number of ether oxygens (including phenoxy) is 1. The average molecular weight is 238 g/mol. The predicted octanol–water partition coefficient (Wildman–Crippen LogP) is -1.69. The van der Waals surface area contributed by atoms with Crippen LogP contribution in [0.3, 0.4) is 0 Å². The van der Waals surface area contributed by atoms with Crippen LogP contribution in [0.15, 0.2) is 18.2 Å². The van der Waals surface area contributed by atoms with Crippen LogP contribution in [0.4, 0.5) is 5.95 Å². The minimum Gasteiger partial charge on any atom is -0.739 e. The number of hydrogen-bond donors (Lipinski definition) is 3. The zero-order chi connectivity index (χ0) is 12.4. The van der Waals surface area contributed by atoms with Gasteiger partial charge in [0.1, 0.15) is 12.4 Å². The van der Waals surface area contributed by atoms with Crippen molar-refractivity contribution in [2.24, 2.45) is 5.73 Å². The van der Waals surface area contributed by atoms with Crippen LogP contribution in [0.1, 0.15) is 0 Å². The number of hydrogen-bond acceptors (Lipinski definition) is 6. The van der Waals surface area contributed by atoms with Crippen LogP contribution in [0, 0.1) is 5.21 Å². The first-order chi connectivity index (χ1) is 8.13. The Morgan fingerprint density at radius 1 is 1.41 bits per heavy atom. The van der Waals surface area contributed by atoms with Crippen molar-refractivity contribution in [2.45, 2.75) is 0 Å². The molecule has 8 nitrogen and oxygen atoms in total. The fraction of sp³-hybridized carbons (Fsp3) is 0.222. The number of nitrogens with zero attached hydrogens (tertiary/aromatic N) is 3. The normalized spacial score (nSPS) is 10.6. The molecule has 1 aromatic heterocycles. The molecular formula is C9H12N5O3+. The van der Waals surface area contributed by atoms with Crippen LogP contribution in [-0.4, -0.2) is 23.5 Å². The smallest absolute Gasteiger partial charge is 0.462 e. The van der Waals surface area contributed by atoms with Crippen molar-refractivity contribution in [3.63, 3.8) is 0 Å². The number of fused-ring (bicyclic) bond motifs is 1. The average Bonchev–Trinajstić information content (AvgIpc) is 2.33. The maximum atomic E-state index is 11.6. The van der Waals surface area contributed by atoms with Crippen molar-refractivity contribution in [1.82, 2.24) is 5.10 Å². The molecule has 5 N–H and O–H groups in total. The topological polar surface area (TPSA) is 125 Å². The second kappa shape index (κ2) is 4.26. The molecule has 1 aromatic carbocycles. The first-order valence-electron chi connectivity index (χ1n) is 4.90. The minimum absolute atomic E-state index is 0.162. The molecular weight excluding hydrogens is 226 g/mol. The van der Waals surface area contributed by atoms with Crippen LogP contribution >= 0.6 is 0 Å². The predicted molar refractivity (Wildman–Crippen MR) is 57.0 cm³/mol. The lowest BCUT2D eigenvalue weighted by atomic mass is 10.3. The summed E-state index contributed by atoms with van der Waals surface area (Å²) < 4.78 is 5.68. The molecule has 0 aliphatic rings. The summed E-state index contributed by atoms with van der Waals surface area (Å²) in [6.07, 6.45) is 0. The maximum Gasteiger partial charge on any atom is 0.462 e. The van der Waals surface area contributed by atoms with Gasteiger partial charge in [0.25, 0.3) is 0 Å². The first kappa shape index (κ1) is 11.1. The van der Waals surface area contributed by atoms with E-state index in [1.165, 1.54) is 12.1 Å². The van der Waals surface area contributed by atoms with E-state index in [-0.39, 0.29) is 17.0 Å². The van der Waals surface area contributed by atoms with E-state index in [4.69, 9.17) is 16.2 Å². The summed E-state index contributed by atoms with van der Waals surface area (Å²) in [6.45, 7) is 0.706. The van der Waals surface area contributed by atoms with E-state index >= 15 is 0 Å². The molecule has 0 unspecified atom stereocenters. The van der Waals surface area contributed by atoms with Gasteiger partial charge in [-0.1, -0.05) is 0 Å². The quantitative estimate of drug-likeness (QED) is 0.333. The number of nitrogen functional groups attached to an aromatic ring is 1. The van der Waals surface area contributed by atoms with Gasteiger partial charge in [-0.15, -0.1) is 0 Å². The highest BCUT2D eigenvalue weighted by molar-refractivity contribution is 5.69. The molecule has 0 aliphatic heterocycles. The third kappa shape index (κ3) is 1.97. The lowest BCUT2D eigenvalue weighted by Crippen LogP contribution is -2.45. The van der Waals surface area contributed by atoms with Crippen LogP contribution < -0.4 is 25.8 Å². The van der Waals surface area contributed by atoms with Gasteiger partial charge >= 0.3 is 11.5 Å². The lowest BCUT2D eigenvalue weighted by Gasteiger charge is -2.07. The zero-order valence-electron chi connectivity index (χ0n) is 8.91. The summed E-state index contributed by atoms with van der Waals surface area (Å²) >= 11 is 0. The van der Waals surface area contributed by atoms with E-state index in [2.05, 4.69) is 5.10 Å². The Kier molecular flexibility index (Phi) is 2.79. The van der Waals surface area contributed by atoms with Gasteiger partial charge in [-0.2, -0.15) is 0 Å². The standard InChI is InChI=1S/C9H12N5O3/c10-3-4-17-6-1-2-7-8(5-6)13(15)9(11)12-14(7)16/h1-2,5H,3-4,10H2,(H3,11,12,16)/q+1. The van der Waals surface area contributed by atoms with E-state index in [9.17, 15) is 10.4 Å². The second-order valence-corrected chi connectivity index (χ2v) is 3.33. The molecule has 90 valence electrons. The zero-order valence-corrected chi connectivity index (χ0v) is 8.91. The number of rotatable bonds is 3. The highest BCUT2D eigenvalue weighted by Gasteiger charge is 2.21. The molecule has 0 atom stereocenters. The second-order valence-electron chi connectivity index (χ2n) is 3.33. The van der Waals surface area contributed by atoms with E-state index < -0.39 is 0 Å². The Labute approximate surface area is 96.2 Å². The highest BCUT2D eigenvalue weighted by Crippen LogP contribution is 2.15. The number of nitrogens with two attached hydrogens (primary N) is 2. The van der Waals surface area contributed by atoms with E-state index in [0.717, 1.165) is 0 Å². The molecule has 2 rings (SSSR count). The fourth-order valence-electron chi connectivity index (χ4n) is 1.42. The molecule has 0 bridgehead atoms. The van der Waals surface area contributed by atoms with Crippen LogP contribution in [0.2, 0.25) is 0 Å². The molecule has 17 heavy (non-hydrogen) atoms. The maximum absolute atomic E-state index is 11.6. The monoisotopic (exact) mass is 238 g/mol. The number of aromatic nitrogens is 3. The summed E-state index contributed by atoms with van der Waals surface area (Å²) in [5.74, 6) is 0.120. The third-order valence-corrected chi connectivity index (χ3v) is 2.17. The molecule has 0 aliphatic carbocycles. The summed E-state index contributed by atoms with van der Waals surface area (Å²) in [6, 6.07) is 4.56. The Hall–Kier alpha value is -2.35. The lowest BCUT2D eigenvalue weighted by molar-refractivity contribution is -0.933. The van der Waals surface area contributed by atoms with Crippen molar-refractivity contribution in [2.75, 3.05) is 18.9 Å². The molecule has 2 aromatic rings. The van der Waals surface area contributed by atoms with Crippen molar-refractivity contribution in [1.29, 1.82) is 0 Å². The van der Waals surface area contributed by atoms with Crippen LogP contribution in [-0.2, 0) is 0 Å². The van der Waals surface area contributed by atoms with Crippen LogP contribution in [0.5, 0.6) is 5.75 Å². The van der Waals surface area contributed by atoms with Gasteiger partial charge in [0, 0.05) is 18.7 Å². The summed E-state index contributed by atoms with van der Waals surface area (Å²) in [5, 5.41) is 24.5. The van der Waals surface area contributed by atoms with E-state index in [0.29, 0.717) is 28.5 Å². The molecule has 0 saturated carbocycles. The van der Waals surface area contributed by atoms with Gasteiger partial charge in [0.15, 0.2) is 5.52 Å². The Bertz CT molecular complexity index is 560. The van der Waals surface area contributed by atoms with Gasteiger partial charge in [0.2, 0.25) is 9.94 Å². The van der Waals surface area contributed by atoms with Crippen molar-refractivity contribution in [3.05, 3.63) is 23.4 Å². The molecule has 8 heteroatoms. The minimum atomic E-state index is -0.351. The van der Waals surface area contributed by atoms with Gasteiger partial charge in [-0.05, 0) is 6.07 Å². The Balaban J connectivity index is 2.55. The molecule has 0 amide bonds. The highest BCUT2D eigenvalue weighted by atomic mass is 16.5. The third-order valence-electron chi connectivity index (χ3n) is 2.17. The first-order valence-corrected chi connectivity index (χ1v) is 4.90. The van der Waals surface area contributed by atoms with Gasteiger partial charge in [-0.3, -0.25) is 5.73 Å². The summed E-state index contributed by atoms with van der Waals surface area (Å²) in [4.78, 5) is 0.547. The molecule has 1 heterocycles. The fourth-order valence-corrected chi connectivity index (χ4v) is 1.42. The summed E-state index contributed by atoms with van der Waals surface area (Å²) in [5.41, 5.74) is 11.0. The number of anilines is 1. The van der Waals surface area contributed by atoms with Gasteiger partial charge < -0.3 is 15.7 Å². The van der Waals surface area contributed by atoms with Crippen molar-refractivity contribution >= 4 is 17.0 Å². The molecule has 0 fully saturated rings. The Morgan fingerprint density at radius 2 is 2.18 bits per heavy atom. The number of benzene rings is 1. The summed E-state index contributed by atoms with van der Waals surface area (Å²) in [7, 11) is 0. The van der Waals surface area contributed by atoms with E-state index in [1.54, 1.807) is 6.07 Å². The Morgan fingerprint density at radius 3 is 2.88 bits per heavy atom. The van der Waals surface area contributed by atoms with Crippen LogP contribution in [0.25, 0.3) is 11.0 Å². The molecule has 0 radical (unpaired) electrons. The largest absolute Gasteiger partial charge is 0.739 e. The van der Waals surface area contributed by atoms with Crippen molar-refractivity contribution < 1.29 is 19.5 Å².